The van der Waals surface area contributed by atoms with Crippen LogP contribution >= 0.6 is 0 Å². The Hall–Kier alpha value is -2.59. The summed E-state index contributed by atoms with van der Waals surface area (Å²) in [6.45, 7) is 0.0709. The van der Waals surface area contributed by atoms with Crippen LogP contribution in [0.15, 0.2) is 59.5 Å². The molecule has 1 amide bonds. The van der Waals surface area contributed by atoms with Gasteiger partial charge in [-0.25, -0.2) is 13.1 Å². The van der Waals surface area contributed by atoms with E-state index >= 15 is 0 Å². The highest BCUT2D eigenvalue weighted by atomic mass is 32.2. The molecule has 0 saturated carbocycles. The fraction of sp³-hybridized carbons (Fsp3) is 0.235. The molecule has 0 aromatic heterocycles. The number of rotatable bonds is 8. The van der Waals surface area contributed by atoms with E-state index in [1.54, 1.807) is 18.2 Å². The Morgan fingerprint density at radius 3 is 2.19 bits per heavy atom. The molecule has 0 radical (unpaired) electrons. The molecule has 0 aliphatic heterocycles. The Kier molecular flexibility index (Phi) is 6.81. The van der Waals surface area contributed by atoms with Crippen LogP contribution in [0.25, 0.3) is 0 Å². The maximum absolute atomic E-state index is 12.1. The predicted molar refractivity (Wildman–Crippen MR) is 91.5 cm³/mol. The predicted octanol–water partition coefficient (Wildman–Crippen LogP) is 2.22. The van der Waals surface area contributed by atoms with Crippen molar-refractivity contribution in [2.75, 3.05) is 13.1 Å². The third kappa shape index (κ3) is 7.27. The van der Waals surface area contributed by atoms with Crippen LogP contribution in [0.1, 0.15) is 5.56 Å². The summed E-state index contributed by atoms with van der Waals surface area (Å²) in [5, 5.41) is 2.53. The zero-order chi connectivity index (χ0) is 19.9. The summed E-state index contributed by atoms with van der Waals surface area (Å²) in [5.74, 6) is -0.764. The summed E-state index contributed by atoms with van der Waals surface area (Å²) < 4.78 is 66.3. The van der Waals surface area contributed by atoms with Crippen molar-refractivity contribution in [1.29, 1.82) is 0 Å². The van der Waals surface area contributed by atoms with Crippen LogP contribution in [0.5, 0.6) is 5.75 Å². The van der Waals surface area contributed by atoms with Gasteiger partial charge in [-0.2, -0.15) is 0 Å². The molecule has 0 bridgehead atoms. The smallest absolute Gasteiger partial charge is 0.406 e. The van der Waals surface area contributed by atoms with Crippen molar-refractivity contribution < 1.29 is 31.1 Å². The highest BCUT2D eigenvalue weighted by Gasteiger charge is 2.30. The molecule has 2 aromatic carbocycles. The fourth-order valence-corrected chi connectivity index (χ4v) is 3.18. The average Bonchev–Trinajstić information content (AvgIpc) is 2.60. The van der Waals surface area contributed by atoms with Crippen molar-refractivity contribution >= 4 is 15.9 Å². The summed E-state index contributed by atoms with van der Waals surface area (Å²) >= 11 is 0. The second-order valence-corrected chi connectivity index (χ2v) is 7.20. The van der Waals surface area contributed by atoms with E-state index in [-0.39, 0.29) is 30.2 Å². The first kappa shape index (κ1) is 20.7. The van der Waals surface area contributed by atoms with Gasteiger partial charge in [-0.05, 0) is 29.8 Å². The number of carbonyl (C=O) groups is 1. The van der Waals surface area contributed by atoms with E-state index in [0.717, 1.165) is 12.1 Å². The molecule has 146 valence electrons. The van der Waals surface area contributed by atoms with Crippen LogP contribution in [0.3, 0.4) is 0 Å². The highest BCUT2D eigenvalue weighted by molar-refractivity contribution is 7.89. The van der Waals surface area contributed by atoms with Gasteiger partial charge in [0, 0.05) is 13.1 Å². The van der Waals surface area contributed by atoms with Crippen LogP contribution in [0.2, 0.25) is 0 Å². The highest BCUT2D eigenvalue weighted by Crippen LogP contribution is 2.22. The van der Waals surface area contributed by atoms with E-state index in [1.807, 2.05) is 0 Å². The minimum absolute atomic E-state index is 0.00132. The third-order valence-corrected chi connectivity index (χ3v) is 4.79. The first-order valence-corrected chi connectivity index (χ1v) is 9.30. The quantitative estimate of drug-likeness (QED) is 0.664. The minimum atomic E-state index is -4.77. The van der Waals surface area contributed by atoms with Crippen molar-refractivity contribution in [3.8, 4) is 5.75 Å². The molecular weight excluding hydrogens is 385 g/mol. The lowest BCUT2D eigenvalue weighted by molar-refractivity contribution is -0.274. The standard InChI is InChI=1S/C17H17F3N2O4S/c18-17(19,20)26-14-8-6-13(7-9-14)12-16(23)21-10-11-22-27(24,25)15-4-2-1-3-5-15/h1-9,22H,10-12H2,(H,21,23). The van der Waals surface area contributed by atoms with Gasteiger partial charge in [-0.1, -0.05) is 30.3 Å². The van der Waals surface area contributed by atoms with Crippen LogP contribution in [-0.4, -0.2) is 33.8 Å². The number of hydrogen-bond acceptors (Lipinski definition) is 4. The summed E-state index contributed by atoms with van der Waals surface area (Å²) in [4.78, 5) is 11.9. The zero-order valence-corrected chi connectivity index (χ0v) is 14.8. The normalized spacial score (nSPS) is 11.8. The number of nitrogens with one attached hydrogen (secondary N) is 2. The second-order valence-electron chi connectivity index (χ2n) is 5.43. The van der Waals surface area contributed by atoms with Gasteiger partial charge in [0.2, 0.25) is 15.9 Å². The molecule has 2 rings (SSSR count). The van der Waals surface area contributed by atoms with E-state index in [1.165, 1.54) is 24.3 Å². The number of sulfonamides is 1. The second kappa shape index (κ2) is 8.87. The van der Waals surface area contributed by atoms with E-state index in [0.29, 0.717) is 5.56 Å². The first-order chi connectivity index (χ1) is 12.7. The molecule has 0 heterocycles. The molecule has 0 aliphatic rings. The number of benzene rings is 2. The number of hydrogen-bond donors (Lipinski definition) is 2. The number of ether oxygens (including phenoxy) is 1. The number of halogens is 3. The summed E-state index contributed by atoms with van der Waals surface area (Å²) in [6, 6.07) is 12.7. The number of amides is 1. The lowest BCUT2D eigenvalue weighted by atomic mass is 10.1. The summed E-state index contributed by atoms with van der Waals surface area (Å²) in [7, 11) is -3.64. The van der Waals surface area contributed by atoms with Gasteiger partial charge in [0.1, 0.15) is 5.75 Å². The van der Waals surface area contributed by atoms with Crippen molar-refractivity contribution in [3.05, 3.63) is 60.2 Å². The van der Waals surface area contributed by atoms with Crippen LogP contribution in [-0.2, 0) is 21.2 Å². The van der Waals surface area contributed by atoms with Gasteiger partial charge >= 0.3 is 6.36 Å². The molecular formula is C17H17F3N2O4S. The Balaban J connectivity index is 1.75. The van der Waals surface area contributed by atoms with Gasteiger partial charge in [-0.3, -0.25) is 4.79 Å². The lowest BCUT2D eigenvalue weighted by Crippen LogP contribution is -2.35. The molecule has 10 heteroatoms. The lowest BCUT2D eigenvalue weighted by Gasteiger charge is -2.10. The van der Waals surface area contributed by atoms with Gasteiger partial charge in [0.05, 0.1) is 11.3 Å². The van der Waals surface area contributed by atoms with E-state index in [2.05, 4.69) is 14.8 Å². The zero-order valence-electron chi connectivity index (χ0n) is 14.0. The van der Waals surface area contributed by atoms with Crippen molar-refractivity contribution in [1.82, 2.24) is 10.0 Å². The SMILES string of the molecule is O=C(Cc1ccc(OC(F)(F)F)cc1)NCCNS(=O)(=O)c1ccccc1. The van der Waals surface area contributed by atoms with E-state index in [4.69, 9.17) is 0 Å². The topological polar surface area (TPSA) is 84.5 Å². The van der Waals surface area contributed by atoms with Gasteiger partial charge < -0.3 is 10.1 Å². The number of carbonyl (C=O) groups excluding carboxylic acids is 1. The largest absolute Gasteiger partial charge is 0.573 e. The molecule has 2 aromatic rings. The molecule has 0 spiro atoms. The molecule has 27 heavy (non-hydrogen) atoms. The third-order valence-electron chi connectivity index (χ3n) is 3.31. The fourth-order valence-electron chi connectivity index (χ4n) is 2.13. The Morgan fingerprint density at radius 1 is 0.963 bits per heavy atom. The average molecular weight is 402 g/mol. The van der Waals surface area contributed by atoms with Crippen LogP contribution < -0.4 is 14.8 Å². The van der Waals surface area contributed by atoms with E-state index < -0.39 is 22.3 Å². The Morgan fingerprint density at radius 2 is 1.59 bits per heavy atom. The van der Waals surface area contributed by atoms with Crippen LogP contribution in [0.4, 0.5) is 13.2 Å². The monoisotopic (exact) mass is 402 g/mol. The molecule has 0 saturated heterocycles. The molecule has 0 atom stereocenters. The maximum Gasteiger partial charge on any atom is 0.573 e. The van der Waals surface area contributed by atoms with E-state index in [9.17, 15) is 26.4 Å². The summed E-state index contributed by atoms with van der Waals surface area (Å²) in [6.07, 6.45) is -4.83. The van der Waals surface area contributed by atoms with Crippen molar-refractivity contribution in [3.63, 3.8) is 0 Å². The van der Waals surface area contributed by atoms with Crippen molar-refractivity contribution in [2.45, 2.75) is 17.7 Å². The van der Waals surface area contributed by atoms with Crippen molar-refractivity contribution in [2.24, 2.45) is 0 Å². The van der Waals surface area contributed by atoms with Gasteiger partial charge in [0.25, 0.3) is 0 Å². The molecule has 0 unspecified atom stereocenters. The van der Waals surface area contributed by atoms with Gasteiger partial charge in [-0.15, -0.1) is 13.2 Å². The maximum atomic E-state index is 12.1. The molecule has 6 nitrogen and oxygen atoms in total. The first-order valence-electron chi connectivity index (χ1n) is 7.82. The van der Waals surface area contributed by atoms with Gasteiger partial charge in [0.15, 0.2) is 0 Å². The van der Waals surface area contributed by atoms with Crippen LogP contribution in [0, 0.1) is 0 Å². The summed E-state index contributed by atoms with van der Waals surface area (Å²) in [5.41, 5.74) is 0.492. The molecule has 0 aliphatic carbocycles. The number of alkyl halides is 3. The Bertz CT molecular complexity index is 854. The molecule has 0 fully saturated rings. The Labute approximate surface area is 154 Å². The molecule has 2 N–H and O–H groups in total. The minimum Gasteiger partial charge on any atom is -0.406 e.